The summed E-state index contributed by atoms with van der Waals surface area (Å²) in [7, 11) is 0. The van der Waals surface area contributed by atoms with Crippen molar-refractivity contribution < 1.29 is 38.5 Å². The van der Waals surface area contributed by atoms with Crippen LogP contribution in [0.5, 0.6) is 0 Å². The molecule has 0 unspecified atom stereocenters. The second kappa shape index (κ2) is 15.7. The van der Waals surface area contributed by atoms with Crippen LogP contribution < -0.4 is 0 Å². The number of amides is 2. The lowest BCUT2D eigenvalue weighted by atomic mass is 10.1. The first kappa shape index (κ1) is 38.2. The van der Waals surface area contributed by atoms with E-state index >= 15 is 0 Å². The minimum absolute atomic E-state index is 0.0672. The molecule has 0 fully saturated rings. The molecule has 0 bridgehead atoms. The molecule has 0 radical (unpaired) electrons. The molecule has 1 N–H and O–H groups in total. The Morgan fingerprint density at radius 3 is 1.44 bits per heavy atom. The molecule has 2 aromatic heterocycles. The number of aliphatic carboxylic acids is 1. The predicted molar refractivity (Wildman–Crippen MR) is 199 cm³/mol. The van der Waals surface area contributed by atoms with E-state index < -0.39 is 17.2 Å². The van der Waals surface area contributed by atoms with E-state index in [0.29, 0.717) is 52.0 Å². The van der Waals surface area contributed by atoms with Crippen molar-refractivity contribution in [2.75, 3.05) is 32.8 Å². The van der Waals surface area contributed by atoms with Crippen LogP contribution in [0.4, 0.5) is 9.59 Å². The molecule has 52 heavy (non-hydrogen) atoms. The molecule has 4 aromatic rings. The fourth-order valence-corrected chi connectivity index (χ4v) is 7.03. The zero-order chi connectivity index (χ0) is 37.8. The summed E-state index contributed by atoms with van der Waals surface area (Å²) in [6, 6.07) is 16.0. The number of carbonyl (C=O) groups is 4. The Morgan fingerprint density at radius 2 is 1.04 bits per heavy atom. The summed E-state index contributed by atoms with van der Waals surface area (Å²) in [4.78, 5) is 51.7. The van der Waals surface area contributed by atoms with E-state index in [1.807, 2.05) is 100 Å². The molecule has 280 valence electrons. The molecule has 2 aromatic carbocycles. The lowest BCUT2D eigenvalue weighted by molar-refractivity contribution is -0.143. The topological polar surface area (TPSA) is 133 Å². The number of para-hydroxylation sites is 2. The number of benzene rings is 2. The number of nitrogens with zero attached hydrogens (tertiary/aromatic N) is 4. The van der Waals surface area contributed by atoms with Gasteiger partial charge >= 0.3 is 24.1 Å². The minimum atomic E-state index is -0.864. The number of carboxylic acid groups (broad SMARTS) is 1. The molecule has 12 heteroatoms. The molecule has 2 aliphatic rings. The Balaban J connectivity index is 0.000000202. The SMILES string of the molecule is CC(C)(C)OC(=O)N1CCc2c(n(CC(=O)O)c3ccccc23)CC1.CCOC(=O)Cn1c2c(c3ccccc31)CCN(C(=O)OC(C)(C)C)CC2. The number of carbonyl (C=O) groups excluding carboxylic acids is 3. The summed E-state index contributed by atoms with van der Waals surface area (Å²) in [5.41, 5.74) is 5.42. The van der Waals surface area contributed by atoms with Gasteiger partial charge in [-0.05, 0) is 84.6 Å². The van der Waals surface area contributed by atoms with Crippen LogP contribution in [0.2, 0.25) is 0 Å². The third-order valence-corrected chi connectivity index (χ3v) is 9.08. The van der Waals surface area contributed by atoms with Crippen LogP contribution in [0.1, 0.15) is 71.0 Å². The largest absolute Gasteiger partial charge is 0.480 e. The fourth-order valence-electron chi connectivity index (χ4n) is 7.03. The zero-order valence-electron chi connectivity index (χ0n) is 31.5. The van der Waals surface area contributed by atoms with Gasteiger partial charge in [0.25, 0.3) is 0 Å². The molecule has 0 saturated heterocycles. The summed E-state index contributed by atoms with van der Waals surface area (Å²) in [6.07, 6.45) is 2.15. The highest BCUT2D eigenvalue weighted by Crippen LogP contribution is 2.31. The summed E-state index contributed by atoms with van der Waals surface area (Å²) >= 11 is 0. The second-order valence-electron chi connectivity index (χ2n) is 15.2. The first-order chi connectivity index (χ1) is 24.6. The van der Waals surface area contributed by atoms with Crippen LogP contribution in [-0.2, 0) is 62.6 Å². The van der Waals surface area contributed by atoms with Gasteiger partial charge in [-0.25, -0.2) is 9.59 Å². The highest BCUT2D eigenvalue weighted by atomic mass is 16.6. The Kier molecular flexibility index (Phi) is 11.6. The van der Waals surface area contributed by atoms with Crippen LogP contribution in [0.25, 0.3) is 21.8 Å². The zero-order valence-corrected chi connectivity index (χ0v) is 31.5. The molecular weight excluding hydrogens is 664 g/mol. The maximum Gasteiger partial charge on any atom is 0.410 e. The quantitative estimate of drug-likeness (QED) is 0.181. The van der Waals surface area contributed by atoms with Crippen LogP contribution in [0.15, 0.2) is 48.5 Å². The highest BCUT2D eigenvalue weighted by Gasteiger charge is 2.29. The Hall–Kier alpha value is -5.00. The summed E-state index contributed by atoms with van der Waals surface area (Å²) in [6.45, 7) is 15.8. The van der Waals surface area contributed by atoms with Gasteiger partial charge < -0.3 is 38.3 Å². The van der Waals surface area contributed by atoms with E-state index in [9.17, 15) is 24.3 Å². The number of aromatic nitrogens is 2. The minimum Gasteiger partial charge on any atom is -0.480 e. The van der Waals surface area contributed by atoms with Crippen molar-refractivity contribution in [2.45, 2.75) is 98.4 Å². The standard InChI is InChI=1S/C21H28N2O4.C19H24N2O4/c1-5-26-19(24)14-23-17-9-7-6-8-15(17)16-10-12-22(13-11-18(16)23)20(25)27-21(2,3)4;1-19(2,3)25-18(24)20-10-8-14-13-6-4-5-7-15(13)21(12-17(22)23)16(14)9-11-20/h6-9H,5,10-14H2,1-4H3;4-7H,8-12H2,1-3H3,(H,22,23). The fraction of sp³-hybridized carbons (Fsp3) is 0.500. The second-order valence-corrected chi connectivity index (χ2v) is 15.2. The average Bonchev–Trinajstić information content (AvgIpc) is 3.27. The van der Waals surface area contributed by atoms with E-state index in [2.05, 4.69) is 6.07 Å². The van der Waals surface area contributed by atoms with Crippen LogP contribution in [-0.4, -0.2) is 92.2 Å². The van der Waals surface area contributed by atoms with Crippen molar-refractivity contribution in [3.8, 4) is 0 Å². The van der Waals surface area contributed by atoms with Crippen LogP contribution in [0, 0.1) is 0 Å². The van der Waals surface area contributed by atoms with Gasteiger partial charge in [0.2, 0.25) is 0 Å². The summed E-state index contributed by atoms with van der Waals surface area (Å²) in [5.74, 6) is -1.11. The molecule has 0 saturated carbocycles. The van der Waals surface area contributed by atoms with Crippen molar-refractivity contribution in [2.24, 2.45) is 0 Å². The van der Waals surface area contributed by atoms with E-state index in [0.717, 1.165) is 45.2 Å². The maximum absolute atomic E-state index is 12.5. The Labute approximate surface area is 305 Å². The molecule has 2 aliphatic heterocycles. The summed E-state index contributed by atoms with van der Waals surface area (Å²) in [5, 5.41) is 11.5. The van der Waals surface area contributed by atoms with Gasteiger partial charge in [0.1, 0.15) is 24.3 Å². The molecule has 0 atom stereocenters. The molecule has 4 heterocycles. The lowest BCUT2D eigenvalue weighted by Gasteiger charge is -2.26. The van der Waals surface area contributed by atoms with Gasteiger partial charge in [-0.1, -0.05) is 36.4 Å². The summed E-state index contributed by atoms with van der Waals surface area (Å²) < 4.78 is 20.1. The third kappa shape index (κ3) is 9.07. The van der Waals surface area contributed by atoms with Gasteiger partial charge in [0, 0.05) is 72.2 Å². The van der Waals surface area contributed by atoms with Gasteiger partial charge in [-0.15, -0.1) is 0 Å². The van der Waals surface area contributed by atoms with E-state index in [1.54, 1.807) is 9.80 Å². The normalized spacial score (nSPS) is 14.8. The molecule has 0 aliphatic carbocycles. The van der Waals surface area contributed by atoms with Crippen LogP contribution >= 0.6 is 0 Å². The van der Waals surface area contributed by atoms with E-state index in [1.165, 1.54) is 5.56 Å². The number of esters is 1. The molecule has 6 rings (SSSR count). The number of fused-ring (bicyclic) bond motifs is 6. The van der Waals surface area contributed by atoms with Gasteiger partial charge in [-0.2, -0.15) is 0 Å². The number of hydrogen-bond donors (Lipinski definition) is 1. The Bertz CT molecular complexity index is 1940. The van der Waals surface area contributed by atoms with E-state index in [-0.39, 0.29) is 31.2 Å². The average molecular weight is 717 g/mol. The maximum atomic E-state index is 12.5. The molecule has 0 spiro atoms. The van der Waals surface area contributed by atoms with Crippen molar-refractivity contribution in [1.82, 2.24) is 18.9 Å². The Morgan fingerprint density at radius 1 is 0.635 bits per heavy atom. The first-order valence-corrected chi connectivity index (χ1v) is 18.1. The van der Waals surface area contributed by atoms with Crippen molar-refractivity contribution in [1.29, 1.82) is 0 Å². The van der Waals surface area contributed by atoms with Gasteiger partial charge in [0.05, 0.1) is 6.61 Å². The number of hydrogen-bond acceptors (Lipinski definition) is 7. The first-order valence-electron chi connectivity index (χ1n) is 18.1. The van der Waals surface area contributed by atoms with E-state index in [4.69, 9.17) is 14.2 Å². The highest BCUT2D eigenvalue weighted by molar-refractivity contribution is 5.88. The van der Waals surface area contributed by atoms with Crippen molar-refractivity contribution >= 4 is 45.9 Å². The number of rotatable bonds is 5. The monoisotopic (exact) mass is 716 g/mol. The van der Waals surface area contributed by atoms with Crippen molar-refractivity contribution in [3.63, 3.8) is 0 Å². The smallest absolute Gasteiger partial charge is 0.410 e. The molecular formula is C40H52N4O8. The van der Waals surface area contributed by atoms with Crippen LogP contribution in [0.3, 0.4) is 0 Å². The van der Waals surface area contributed by atoms with Gasteiger partial charge in [0.15, 0.2) is 0 Å². The van der Waals surface area contributed by atoms with Crippen molar-refractivity contribution in [3.05, 3.63) is 71.0 Å². The van der Waals surface area contributed by atoms with Gasteiger partial charge in [-0.3, -0.25) is 9.59 Å². The molecule has 12 nitrogen and oxygen atoms in total. The lowest BCUT2D eigenvalue weighted by Crippen LogP contribution is -2.38. The number of ether oxygens (including phenoxy) is 3. The molecule has 2 amide bonds. The third-order valence-electron chi connectivity index (χ3n) is 9.08. The predicted octanol–water partition coefficient (Wildman–Crippen LogP) is 6.60. The number of carboxylic acids is 1.